The van der Waals surface area contributed by atoms with Crippen molar-refractivity contribution >= 4 is 24.1 Å². The van der Waals surface area contributed by atoms with Crippen LogP contribution in [0.1, 0.15) is 119 Å². The molecular formula is C28H50N2O8. The Kier molecular flexibility index (Phi) is 15.1. The molecular weight excluding hydrogens is 492 g/mol. The number of hydrogen-bond acceptors (Lipinski definition) is 8. The van der Waals surface area contributed by atoms with Gasteiger partial charge in [-0.25, -0.2) is 9.59 Å². The topological polar surface area (TPSA) is 129 Å². The van der Waals surface area contributed by atoms with Crippen molar-refractivity contribution < 1.29 is 38.1 Å². The van der Waals surface area contributed by atoms with Crippen molar-refractivity contribution in [2.45, 2.75) is 142 Å². The molecule has 0 atom stereocenters. The van der Waals surface area contributed by atoms with Crippen molar-refractivity contribution in [3.63, 3.8) is 0 Å². The van der Waals surface area contributed by atoms with Gasteiger partial charge in [0.05, 0.1) is 0 Å². The standard InChI is InChI=1S/C28H50N2O8/c1-27(2,3)37-25(33)29-19-11-7-9-13-23(31)35-21-15-17-22(18-16-21)36-24(32)14-10-8-12-20-30-26(34)38-28(4,5)6/h21-22H,7-20H2,1-6H3,(H,29,33)(H,30,34). The van der Waals surface area contributed by atoms with Crippen molar-refractivity contribution in [1.82, 2.24) is 10.6 Å². The molecule has 220 valence electrons. The quantitative estimate of drug-likeness (QED) is 0.166. The van der Waals surface area contributed by atoms with Crippen LogP contribution in [0.5, 0.6) is 0 Å². The Morgan fingerprint density at radius 3 is 1.24 bits per heavy atom. The van der Waals surface area contributed by atoms with E-state index in [9.17, 15) is 19.2 Å². The normalized spacial score (nSPS) is 17.7. The van der Waals surface area contributed by atoms with Crippen molar-refractivity contribution in [2.75, 3.05) is 13.1 Å². The SMILES string of the molecule is CC(C)(C)OC(=O)NCCCCCC(=O)OC1CCC(OC(=O)CCCCCNC(=O)OC(C)(C)C)CC1. The van der Waals surface area contributed by atoms with Crippen LogP contribution < -0.4 is 10.6 Å². The highest BCUT2D eigenvalue weighted by atomic mass is 16.6. The monoisotopic (exact) mass is 542 g/mol. The summed E-state index contributed by atoms with van der Waals surface area (Å²) in [7, 11) is 0. The Bertz CT molecular complexity index is 672. The van der Waals surface area contributed by atoms with Gasteiger partial charge in [-0.3, -0.25) is 9.59 Å². The highest BCUT2D eigenvalue weighted by Crippen LogP contribution is 2.24. The van der Waals surface area contributed by atoms with Crippen LogP contribution in [0.2, 0.25) is 0 Å². The minimum atomic E-state index is -0.515. The molecule has 0 heterocycles. The van der Waals surface area contributed by atoms with Crippen molar-refractivity contribution in [3.8, 4) is 0 Å². The molecule has 10 nitrogen and oxygen atoms in total. The number of esters is 2. The van der Waals surface area contributed by atoms with Crippen LogP contribution >= 0.6 is 0 Å². The average Bonchev–Trinajstić information content (AvgIpc) is 2.77. The number of rotatable bonds is 14. The van der Waals surface area contributed by atoms with Gasteiger partial charge in [-0.1, -0.05) is 12.8 Å². The minimum absolute atomic E-state index is 0.122. The van der Waals surface area contributed by atoms with Crippen LogP contribution in [-0.2, 0) is 28.5 Å². The highest BCUT2D eigenvalue weighted by Gasteiger charge is 2.26. The number of nitrogens with one attached hydrogen (secondary N) is 2. The van der Waals surface area contributed by atoms with E-state index in [0.717, 1.165) is 25.7 Å². The molecule has 0 aromatic heterocycles. The van der Waals surface area contributed by atoms with E-state index in [1.165, 1.54) is 0 Å². The molecule has 1 saturated carbocycles. The molecule has 0 bridgehead atoms. The second kappa shape index (κ2) is 17.1. The van der Waals surface area contributed by atoms with E-state index in [4.69, 9.17) is 18.9 Å². The summed E-state index contributed by atoms with van der Waals surface area (Å²) < 4.78 is 21.5. The predicted octanol–water partition coefficient (Wildman–Crippen LogP) is 5.55. The molecule has 1 rings (SSSR count). The van der Waals surface area contributed by atoms with E-state index in [-0.39, 0.29) is 24.1 Å². The maximum Gasteiger partial charge on any atom is 0.407 e. The minimum Gasteiger partial charge on any atom is -0.462 e. The van der Waals surface area contributed by atoms with Gasteiger partial charge in [0.2, 0.25) is 0 Å². The number of ether oxygens (including phenoxy) is 4. The fraction of sp³-hybridized carbons (Fsp3) is 0.857. The molecule has 1 fully saturated rings. The van der Waals surface area contributed by atoms with Crippen LogP contribution in [0.3, 0.4) is 0 Å². The Hall–Kier alpha value is -2.52. The van der Waals surface area contributed by atoms with Gasteiger partial charge in [-0.05, 0) is 92.9 Å². The first-order chi connectivity index (χ1) is 17.7. The number of carbonyl (C=O) groups is 4. The third-order valence-corrected chi connectivity index (χ3v) is 5.67. The lowest BCUT2D eigenvalue weighted by molar-refractivity contribution is -0.158. The molecule has 38 heavy (non-hydrogen) atoms. The molecule has 1 aliphatic carbocycles. The lowest BCUT2D eigenvalue weighted by Crippen LogP contribution is -2.33. The van der Waals surface area contributed by atoms with Gasteiger partial charge in [0.25, 0.3) is 0 Å². The van der Waals surface area contributed by atoms with Crippen molar-refractivity contribution in [1.29, 1.82) is 0 Å². The van der Waals surface area contributed by atoms with Crippen molar-refractivity contribution in [3.05, 3.63) is 0 Å². The summed E-state index contributed by atoms with van der Waals surface area (Å²) in [5.41, 5.74) is -1.03. The summed E-state index contributed by atoms with van der Waals surface area (Å²) in [5, 5.41) is 5.42. The summed E-state index contributed by atoms with van der Waals surface area (Å²) in [6, 6.07) is 0. The van der Waals surface area contributed by atoms with E-state index in [1.54, 1.807) is 0 Å². The molecule has 0 aliphatic heterocycles. The summed E-state index contributed by atoms with van der Waals surface area (Å²) in [5.74, 6) is -0.404. The highest BCUT2D eigenvalue weighted by molar-refractivity contribution is 5.70. The summed E-state index contributed by atoms with van der Waals surface area (Å²) in [6.45, 7) is 11.9. The third-order valence-electron chi connectivity index (χ3n) is 5.67. The molecule has 1 aliphatic rings. The zero-order chi connectivity index (χ0) is 28.6. The second-order valence-electron chi connectivity index (χ2n) is 11.9. The Labute approximate surface area is 228 Å². The number of alkyl carbamates (subject to hydrolysis) is 2. The van der Waals surface area contributed by atoms with E-state index in [0.29, 0.717) is 64.5 Å². The molecule has 0 unspecified atom stereocenters. The Morgan fingerprint density at radius 1 is 0.579 bits per heavy atom. The van der Waals surface area contributed by atoms with E-state index in [1.807, 2.05) is 41.5 Å². The van der Waals surface area contributed by atoms with E-state index >= 15 is 0 Å². The van der Waals surface area contributed by atoms with Gasteiger partial charge < -0.3 is 29.6 Å². The molecule has 0 aromatic carbocycles. The molecule has 2 amide bonds. The van der Waals surface area contributed by atoms with Gasteiger partial charge in [0.1, 0.15) is 23.4 Å². The average molecular weight is 543 g/mol. The smallest absolute Gasteiger partial charge is 0.407 e. The number of unbranched alkanes of at least 4 members (excludes halogenated alkanes) is 4. The van der Waals surface area contributed by atoms with Crippen LogP contribution in [0.15, 0.2) is 0 Å². The first-order valence-electron chi connectivity index (χ1n) is 14.1. The van der Waals surface area contributed by atoms with Gasteiger partial charge in [0, 0.05) is 25.9 Å². The van der Waals surface area contributed by atoms with E-state index < -0.39 is 23.4 Å². The Balaban J connectivity index is 2.03. The molecule has 2 N–H and O–H groups in total. The summed E-state index contributed by atoms with van der Waals surface area (Å²) >= 11 is 0. The molecule has 0 spiro atoms. The van der Waals surface area contributed by atoms with Crippen LogP contribution in [-0.4, -0.2) is 60.6 Å². The number of amides is 2. The van der Waals surface area contributed by atoms with Gasteiger partial charge in [0.15, 0.2) is 0 Å². The largest absolute Gasteiger partial charge is 0.462 e. The van der Waals surface area contributed by atoms with Crippen LogP contribution in [0, 0.1) is 0 Å². The lowest BCUT2D eigenvalue weighted by atomic mass is 9.95. The fourth-order valence-corrected chi connectivity index (χ4v) is 3.91. The van der Waals surface area contributed by atoms with Gasteiger partial charge in [-0.15, -0.1) is 0 Å². The maximum absolute atomic E-state index is 12.1. The molecule has 0 aromatic rings. The van der Waals surface area contributed by atoms with Crippen LogP contribution in [0.25, 0.3) is 0 Å². The van der Waals surface area contributed by atoms with Crippen LogP contribution in [0.4, 0.5) is 9.59 Å². The first-order valence-corrected chi connectivity index (χ1v) is 14.1. The second-order valence-corrected chi connectivity index (χ2v) is 11.9. The zero-order valence-electron chi connectivity index (χ0n) is 24.3. The fourth-order valence-electron chi connectivity index (χ4n) is 3.91. The van der Waals surface area contributed by atoms with Crippen molar-refractivity contribution in [2.24, 2.45) is 0 Å². The molecule has 0 radical (unpaired) electrons. The van der Waals surface area contributed by atoms with E-state index in [2.05, 4.69) is 10.6 Å². The summed E-state index contributed by atoms with van der Waals surface area (Å²) in [6.07, 6.45) is 6.97. The number of hydrogen-bond donors (Lipinski definition) is 2. The Morgan fingerprint density at radius 2 is 0.921 bits per heavy atom. The first kappa shape index (κ1) is 33.5. The summed E-state index contributed by atoms with van der Waals surface area (Å²) in [4.78, 5) is 47.4. The molecule has 0 saturated heterocycles. The predicted molar refractivity (Wildman–Crippen MR) is 144 cm³/mol. The molecule has 10 heteroatoms. The third kappa shape index (κ3) is 18.7. The van der Waals surface area contributed by atoms with Gasteiger partial charge >= 0.3 is 24.1 Å². The zero-order valence-corrected chi connectivity index (χ0v) is 24.3. The lowest BCUT2D eigenvalue weighted by Gasteiger charge is -2.28. The maximum atomic E-state index is 12.1. The number of carbonyl (C=O) groups excluding carboxylic acids is 4. The van der Waals surface area contributed by atoms with Gasteiger partial charge in [-0.2, -0.15) is 0 Å².